The van der Waals surface area contributed by atoms with Crippen LogP contribution in [0.3, 0.4) is 0 Å². The highest BCUT2D eigenvalue weighted by atomic mass is 15.3. The second kappa shape index (κ2) is 4.87. The summed E-state index contributed by atoms with van der Waals surface area (Å²) in [7, 11) is 3.96. The van der Waals surface area contributed by atoms with Crippen molar-refractivity contribution in [2.45, 2.75) is 0 Å². The number of nitrogens with zero attached hydrogens (tertiary/aromatic N) is 2. The molecule has 1 heterocycles. The Bertz CT molecular complexity index is 192. The summed E-state index contributed by atoms with van der Waals surface area (Å²) in [6, 6.07) is 0. The quantitative estimate of drug-likeness (QED) is 0.464. The van der Waals surface area contributed by atoms with Crippen LogP contribution in [0.1, 0.15) is 0 Å². The Kier molecular flexibility index (Phi) is 3.76. The lowest BCUT2D eigenvalue weighted by molar-refractivity contribution is 0.215. The molecule has 0 aromatic rings. The van der Waals surface area contributed by atoms with Gasteiger partial charge in [0.15, 0.2) is 0 Å². The predicted octanol–water partition coefficient (Wildman–Crippen LogP) is -0.0558. The maximum atomic E-state index is 7.73. The number of hydrogen-bond acceptors (Lipinski definition) is 3. The summed E-state index contributed by atoms with van der Waals surface area (Å²) in [4.78, 5) is 4.37. The summed E-state index contributed by atoms with van der Waals surface area (Å²) in [5.41, 5.74) is 0. The molecule has 13 heavy (non-hydrogen) atoms. The van der Waals surface area contributed by atoms with Crippen molar-refractivity contribution in [1.29, 1.82) is 5.41 Å². The van der Waals surface area contributed by atoms with Gasteiger partial charge in [-0.1, -0.05) is 0 Å². The van der Waals surface area contributed by atoms with Crippen molar-refractivity contribution in [2.24, 2.45) is 0 Å². The zero-order valence-corrected chi connectivity index (χ0v) is 8.38. The summed E-state index contributed by atoms with van der Waals surface area (Å²) in [6.45, 7) is 4.03. The fourth-order valence-electron chi connectivity index (χ4n) is 1.32. The predicted molar refractivity (Wildman–Crippen MR) is 55.0 cm³/mol. The lowest BCUT2D eigenvalue weighted by atomic mass is 10.3. The second-order valence-electron chi connectivity index (χ2n) is 3.30. The molecule has 0 saturated carbocycles. The molecule has 4 heteroatoms. The molecule has 1 saturated heterocycles. The minimum absolute atomic E-state index is 0.599. The van der Waals surface area contributed by atoms with Gasteiger partial charge in [0.25, 0.3) is 0 Å². The molecule has 2 N–H and O–H groups in total. The largest absolute Gasteiger partial charge is 0.394 e. The molecule has 0 radical (unpaired) electrons. The standard InChI is InChI=1S/C9H18N4/c1-11-4-3-9(10)13-7-5-12(2)6-8-13/h3-4,10-11H,5-8H2,1-2H3/b4-3-,10-9?. The Labute approximate surface area is 79.7 Å². The van der Waals surface area contributed by atoms with Crippen LogP contribution in [0.4, 0.5) is 0 Å². The Morgan fingerprint density at radius 2 is 1.92 bits per heavy atom. The fraction of sp³-hybridized carbons (Fsp3) is 0.667. The average Bonchev–Trinajstić information content (AvgIpc) is 2.15. The van der Waals surface area contributed by atoms with Crippen molar-refractivity contribution in [3.05, 3.63) is 12.3 Å². The maximum absolute atomic E-state index is 7.73. The molecule has 1 aliphatic rings. The van der Waals surface area contributed by atoms with Crippen molar-refractivity contribution < 1.29 is 0 Å². The summed E-state index contributed by atoms with van der Waals surface area (Å²) >= 11 is 0. The van der Waals surface area contributed by atoms with Crippen LogP contribution in [0.25, 0.3) is 0 Å². The van der Waals surface area contributed by atoms with Gasteiger partial charge in [-0.05, 0) is 19.3 Å². The molecule has 0 bridgehead atoms. The summed E-state index contributed by atoms with van der Waals surface area (Å²) in [6.07, 6.45) is 3.59. The van der Waals surface area contributed by atoms with Gasteiger partial charge < -0.3 is 15.1 Å². The Hall–Kier alpha value is -1.03. The van der Waals surface area contributed by atoms with Crippen LogP contribution >= 0.6 is 0 Å². The van der Waals surface area contributed by atoms with Gasteiger partial charge in [0, 0.05) is 33.2 Å². The number of piperazine rings is 1. The lowest BCUT2D eigenvalue weighted by Gasteiger charge is -2.33. The number of rotatable bonds is 2. The van der Waals surface area contributed by atoms with E-state index in [0.29, 0.717) is 5.84 Å². The summed E-state index contributed by atoms with van der Waals surface area (Å²) < 4.78 is 0. The van der Waals surface area contributed by atoms with E-state index in [0.717, 1.165) is 26.2 Å². The molecule has 0 amide bonds. The monoisotopic (exact) mass is 182 g/mol. The van der Waals surface area contributed by atoms with Crippen molar-refractivity contribution in [3.63, 3.8) is 0 Å². The van der Waals surface area contributed by atoms with Crippen LogP contribution in [0, 0.1) is 5.41 Å². The molecule has 0 unspecified atom stereocenters. The molecule has 0 aliphatic carbocycles. The third-order valence-electron chi connectivity index (χ3n) is 2.25. The van der Waals surface area contributed by atoms with Crippen LogP contribution in [0.15, 0.2) is 12.3 Å². The smallest absolute Gasteiger partial charge is 0.122 e. The highest BCUT2D eigenvalue weighted by Crippen LogP contribution is 1.99. The topological polar surface area (TPSA) is 42.4 Å². The van der Waals surface area contributed by atoms with E-state index < -0.39 is 0 Å². The Morgan fingerprint density at radius 1 is 1.31 bits per heavy atom. The molecule has 1 fully saturated rings. The van der Waals surface area contributed by atoms with Crippen LogP contribution in [0.5, 0.6) is 0 Å². The van der Waals surface area contributed by atoms with Crippen LogP contribution in [0.2, 0.25) is 0 Å². The first-order valence-corrected chi connectivity index (χ1v) is 4.60. The fourth-order valence-corrected chi connectivity index (χ4v) is 1.32. The van der Waals surface area contributed by atoms with Crippen LogP contribution < -0.4 is 5.32 Å². The van der Waals surface area contributed by atoms with Crippen LogP contribution in [-0.2, 0) is 0 Å². The molecule has 0 aromatic carbocycles. The summed E-state index contributed by atoms with van der Waals surface area (Å²) in [5.74, 6) is 0.599. The van der Waals surface area contributed by atoms with E-state index in [1.807, 2.05) is 7.05 Å². The second-order valence-corrected chi connectivity index (χ2v) is 3.30. The first kappa shape index (κ1) is 10.1. The minimum atomic E-state index is 0.599. The van der Waals surface area contributed by atoms with Gasteiger partial charge in [0.1, 0.15) is 5.84 Å². The molecule has 0 aromatic heterocycles. The molecule has 4 nitrogen and oxygen atoms in total. The SMILES string of the molecule is CN/C=C\C(=N)N1CCN(C)CC1. The van der Waals surface area contributed by atoms with Crippen molar-refractivity contribution in [3.8, 4) is 0 Å². The van der Waals surface area contributed by atoms with E-state index in [9.17, 15) is 0 Å². The molecule has 0 spiro atoms. The Morgan fingerprint density at radius 3 is 2.46 bits per heavy atom. The number of nitrogens with one attached hydrogen (secondary N) is 2. The van der Waals surface area contributed by atoms with Gasteiger partial charge in [-0.15, -0.1) is 0 Å². The number of hydrogen-bond donors (Lipinski definition) is 2. The Balaban J connectivity index is 2.36. The third-order valence-corrected chi connectivity index (χ3v) is 2.25. The van der Waals surface area contributed by atoms with Crippen LogP contribution in [-0.4, -0.2) is 55.9 Å². The van der Waals surface area contributed by atoms with Gasteiger partial charge in [-0.25, -0.2) is 0 Å². The molecule has 74 valence electrons. The first-order chi connectivity index (χ1) is 6.24. The molecule has 1 rings (SSSR count). The van der Waals surface area contributed by atoms with E-state index in [1.165, 1.54) is 0 Å². The zero-order chi connectivity index (χ0) is 9.68. The molecular weight excluding hydrogens is 164 g/mol. The maximum Gasteiger partial charge on any atom is 0.122 e. The van der Waals surface area contributed by atoms with Gasteiger partial charge in [0.05, 0.1) is 0 Å². The molecule has 1 aliphatic heterocycles. The van der Waals surface area contributed by atoms with Gasteiger partial charge in [0.2, 0.25) is 0 Å². The third kappa shape index (κ3) is 3.06. The average molecular weight is 182 g/mol. The van der Waals surface area contributed by atoms with Crippen molar-refractivity contribution >= 4 is 5.84 Å². The van der Waals surface area contributed by atoms with Gasteiger partial charge >= 0.3 is 0 Å². The van der Waals surface area contributed by atoms with Gasteiger partial charge in [-0.3, -0.25) is 5.41 Å². The zero-order valence-electron chi connectivity index (χ0n) is 8.38. The van der Waals surface area contributed by atoms with E-state index in [4.69, 9.17) is 5.41 Å². The van der Waals surface area contributed by atoms with E-state index in [1.54, 1.807) is 12.3 Å². The van der Waals surface area contributed by atoms with E-state index in [-0.39, 0.29) is 0 Å². The minimum Gasteiger partial charge on any atom is -0.394 e. The highest BCUT2D eigenvalue weighted by molar-refractivity contribution is 5.90. The lowest BCUT2D eigenvalue weighted by Crippen LogP contribution is -2.46. The molecule has 0 atom stereocenters. The first-order valence-electron chi connectivity index (χ1n) is 4.60. The van der Waals surface area contributed by atoms with Crippen molar-refractivity contribution in [1.82, 2.24) is 15.1 Å². The van der Waals surface area contributed by atoms with E-state index in [2.05, 4.69) is 22.2 Å². The molecular formula is C9H18N4. The number of amidine groups is 1. The summed E-state index contributed by atoms with van der Waals surface area (Å²) in [5, 5.41) is 10.6. The number of likely N-dealkylation sites (N-methyl/N-ethyl adjacent to an activating group) is 1. The highest BCUT2D eigenvalue weighted by Gasteiger charge is 2.14. The normalized spacial score (nSPS) is 19.4. The van der Waals surface area contributed by atoms with E-state index >= 15 is 0 Å². The van der Waals surface area contributed by atoms with Gasteiger partial charge in [-0.2, -0.15) is 0 Å². The van der Waals surface area contributed by atoms with Crippen molar-refractivity contribution in [2.75, 3.05) is 40.3 Å².